The number of carbonyl (C=O) groups excluding carboxylic acids is 1. The molecule has 4 aliphatic rings. The van der Waals surface area contributed by atoms with Gasteiger partial charge in [0.15, 0.2) is 29.4 Å². The van der Waals surface area contributed by atoms with Crippen LogP contribution in [0.5, 0.6) is 11.5 Å². The van der Waals surface area contributed by atoms with E-state index < -0.39 is 35.8 Å². The predicted octanol–water partition coefficient (Wildman–Crippen LogP) is 2.14. The van der Waals surface area contributed by atoms with E-state index in [1.165, 1.54) is 13.2 Å². The number of alkyl halides is 3. The highest BCUT2D eigenvalue weighted by molar-refractivity contribution is 5.89. The van der Waals surface area contributed by atoms with E-state index in [0.29, 0.717) is 5.56 Å². The first-order chi connectivity index (χ1) is 13.6. The Balaban J connectivity index is 1.69. The molecule has 2 aliphatic heterocycles. The second kappa shape index (κ2) is 5.65. The zero-order valence-corrected chi connectivity index (χ0v) is 16.0. The van der Waals surface area contributed by atoms with Gasteiger partial charge in [-0.3, -0.25) is 4.79 Å². The number of ketones is 1. The van der Waals surface area contributed by atoms with Crippen LogP contribution in [0.25, 0.3) is 0 Å². The minimum Gasteiger partial charge on any atom is -0.504 e. The first kappa shape index (κ1) is 19.1. The van der Waals surface area contributed by atoms with Crippen LogP contribution in [0.1, 0.15) is 36.8 Å². The lowest BCUT2D eigenvalue weighted by atomic mass is 9.48. The molecule has 2 bridgehead atoms. The number of Topliss-reactive ketones (excluding diaryl/α,β-unsaturated/α-hetero) is 1. The van der Waals surface area contributed by atoms with Gasteiger partial charge < -0.3 is 14.9 Å². The summed E-state index contributed by atoms with van der Waals surface area (Å²) < 4.78 is 44.8. The summed E-state index contributed by atoms with van der Waals surface area (Å²) >= 11 is 0. The summed E-state index contributed by atoms with van der Waals surface area (Å²) in [5.41, 5.74) is -1.08. The molecule has 0 aromatic heterocycles. The van der Waals surface area contributed by atoms with Crippen molar-refractivity contribution in [2.24, 2.45) is 0 Å². The second-order valence-corrected chi connectivity index (χ2v) is 8.72. The molecule has 29 heavy (non-hydrogen) atoms. The van der Waals surface area contributed by atoms with Crippen molar-refractivity contribution in [3.05, 3.63) is 23.3 Å². The average molecular weight is 414 g/mol. The van der Waals surface area contributed by atoms with E-state index in [2.05, 4.69) is 0 Å². The Kier molecular flexibility index (Phi) is 3.73. The fourth-order valence-electron chi connectivity index (χ4n) is 6.48. The lowest BCUT2D eigenvalue weighted by molar-refractivity contribution is -1.13. The van der Waals surface area contributed by atoms with E-state index in [-0.39, 0.29) is 60.7 Å². The maximum atomic E-state index is 13.1. The summed E-state index contributed by atoms with van der Waals surface area (Å²) in [5.74, 6) is -0.00631. The molecule has 2 fully saturated rings. The van der Waals surface area contributed by atoms with Crippen LogP contribution < -0.4 is 4.74 Å². The Morgan fingerprint density at radius 2 is 2.10 bits per heavy atom. The molecule has 1 unspecified atom stereocenters. The number of halogens is 3. The van der Waals surface area contributed by atoms with Gasteiger partial charge in [0.1, 0.15) is 18.7 Å². The van der Waals surface area contributed by atoms with Gasteiger partial charge in [-0.1, -0.05) is 6.07 Å². The Morgan fingerprint density at radius 1 is 1.34 bits per heavy atom. The number of phenols is 1. The topological polar surface area (TPSA) is 76.0 Å². The highest BCUT2D eigenvalue weighted by Crippen LogP contribution is 2.65. The zero-order chi connectivity index (χ0) is 20.8. The Hall–Kier alpha value is -1.84. The standard InChI is InChI=1S/C20H22F3NO5/c1-28-24(9-7-20(21,22)23)8-6-18-15-11-2-3-12(25)16(15)29-17(18)13(26)4-5-19(18,27)14(24)10-11/h2-3,14,17,27H,4-10H2,1H3/p+1/t14-,17+,18+,19-,24?/m1/s1. The number of hydrogen-bond donors (Lipinski definition) is 2. The predicted molar refractivity (Wildman–Crippen MR) is 93.2 cm³/mol. The van der Waals surface area contributed by atoms with Crippen molar-refractivity contribution in [2.75, 3.05) is 20.2 Å². The Bertz CT molecular complexity index is 905. The van der Waals surface area contributed by atoms with Crippen LogP contribution in [0, 0.1) is 0 Å². The maximum Gasteiger partial charge on any atom is 0.394 e. The molecule has 1 spiro atoms. The molecule has 1 aromatic rings. The number of nitrogens with zero attached hydrogens (tertiary/aromatic N) is 1. The molecule has 2 aliphatic carbocycles. The fraction of sp³-hybridized carbons (Fsp3) is 0.650. The van der Waals surface area contributed by atoms with E-state index in [9.17, 15) is 28.2 Å². The van der Waals surface area contributed by atoms with Crippen LogP contribution in [0.15, 0.2) is 12.1 Å². The molecule has 9 heteroatoms. The number of rotatable bonds is 3. The quantitative estimate of drug-likeness (QED) is 0.742. The highest BCUT2D eigenvalue weighted by Gasteiger charge is 2.77. The summed E-state index contributed by atoms with van der Waals surface area (Å²) in [5, 5.41) is 22.4. The van der Waals surface area contributed by atoms with Gasteiger partial charge in [0.2, 0.25) is 0 Å². The van der Waals surface area contributed by atoms with Crippen LogP contribution >= 0.6 is 0 Å². The number of aliphatic hydroxyl groups is 1. The van der Waals surface area contributed by atoms with E-state index in [0.717, 1.165) is 5.56 Å². The molecule has 2 heterocycles. The van der Waals surface area contributed by atoms with E-state index >= 15 is 0 Å². The number of likely N-dealkylation sites (tertiary alicyclic amines) is 1. The number of aromatic hydroxyl groups is 1. The molecular formula is C20H23F3NO5+. The third-order valence-electron chi connectivity index (χ3n) is 7.72. The lowest BCUT2D eigenvalue weighted by Crippen LogP contribution is -2.81. The van der Waals surface area contributed by atoms with Gasteiger partial charge in [-0.05, 0) is 18.1 Å². The summed E-state index contributed by atoms with van der Waals surface area (Å²) in [6.45, 7) is -0.0793. The van der Waals surface area contributed by atoms with Crippen molar-refractivity contribution in [3.63, 3.8) is 0 Å². The molecule has 158 valence electrons. The number of carbonyl (C=O) groups is 1. The van der Waals surface area contributed by atoms with Gasteiger partial charge in [-0.15, -0.1) is 0 Å². The summed E-state index contributed by atoms with van der Waals surface area (Å²) in [6.07, 6.45) is -5.55. The van der Waals surface area contributed by atoms with Crippen molar-refractivity contribution < 1.29 is 42.4 Å². The number of phenolic OH excluding ortho intramolecular Hbond substituents is 1. The van der Waals surface area contributed by atoms with Crippen molar-refractivity contribution >= 4 is 5.78 Å². The van der Waals surface area contributed by atoms with Gasteiger partial charge in [-0.25, -0.2) is 4.84 Å². The first-order valence-electron chi connectivity index (χ1n) is 9.84. The van der Waals surface area contributed by atoms with E-state index in [1.54, 1.807) is 6.07 Å². The van der Waals surface area contributed by atoms with Gasteiger partial charge in [-0.2, -0.15) is 17.8 Å². The van der Waals surface area contributed by atoms with Crippen molar-refractivity contribution in [1.29, 1.82) is 0 Å². The van der Waals surface area contributed by atoms with E-state index in [4.69, 9.17) is 9.57 Å². The third-order valence-corrected chi connectivity index (χ3v) is 7.72. The number of hydroxylamine groups is 3. The Labute approximate surface area is 165 Å². The molecular weight excluding hydrogens is 391 g/mol. The monoisotopic (exact) mass is 414 g/mol. The molecule has 6 nitrogen and oxygen atoms in total. The number of ether oxygens (including phenoxy) is 1. The second-order valence-electron chi connectivity index (χ2n) is 8.72. The van der Waals surface area contributed by atoms with Gasteiger partial charge in [0, 0.05) is 24.8 Å². The molecule has 0 amide bonds. The summed E-state index contributed by atoms with van der Waals surface area (Å²) in [7, 11) is 1.38. The third kappa shape index (κ3) is 2.21. The van der Waals surface area contributed by atoms with Crippen LogP contribution in [0.2, 0.25) is 0 Å². The van der Waals surface area contributed by atoms with Crippen LogP contribution in [-0.4, -0.2) is 64.8 Å². The molecule has 1 saturated heterocycles. The molecule has 5 rings (SSSR count). The SMILES string of the molecule is CO[N+]1(CCC(F)(F)F)CC[C@]23c4c5ccc(O)c4O[C@H]2C(=O)CC[C@@]3(O)[C@H]1C5. The average Bonchev–Trinajstić information content (AvgIpc) is 3.02. The van der Waals surface area contributed by atoms with Crippen LogP contribution in [0.3, 0.4) is 0 Å². The molecule has 5 atom stereocenters. The van der Waals surface area contributed by atoms with Gasteiger partial charge in [0.05, 0.1) is 18.9 Å². The number of benzene rings is 1. The highest BCUT2D eigenvalue weighted by atomic mass is 19.4. The molecule has 1 aromatic carbocycles. The number of quaternary nitrogens is 1. The maximum absolute atomic E-state index is 13.1. The number of piperidine rings is 1. The van der Waals surface area contributed by atoms with Gasteiger partial charge in [0.25, 0.3) is 0 Å². The number of hydrogen-bond acceptors (Lipinski definition) is 5. The fourth-order valence-corrected chi connectivity index (χ4v) is 6.48. The summed E-state index contributed by atoms with van der Waals surface area (Å²) in [6, 6.07) is 2.53. The minimum atomic E-state index is -4.34. The van der Waals surface area contributed by atoms with Crippen molar-refractivity contribution in [3.8, 4) is 11.5 Å². The van der Waals surface area contributed by atoms with Crippen molar-refractivity contribution in [2.45, 2.75) is 61.4 Å². The Morgan fingerprint density at radius 3 is 2.79 bits per heavy atom. The first-order valence-corrected chi connectivity index (χ1v) is 9.84. The molecule has 2 N–H and O–H groups in total. The molecule has 1 saturated carbocycles. The van der Waals surface area contributed by atoms with Gasteiger partial charge >= 0.3 is 6.18 Å². The smallest absolute Gasteiger partial charge is 0.394 e. The normalized spacial score (nSPS) is 39.8. The largest absolute Gasteiger partial charge is 0.504 e. The van der Waals surface area contributed by atoms with E-state index in [1.807, 2.05) is 0 Å². The minimum absolute atomic E-state index is 0.0759. The zero-order valence-electron chi connectivity index (χ0n) is 16.0. The lowest BCUT2D eigenvalue weighted by Gasteiger charge is -2.63. The van der Waals surface area contributed by atoms with Crippen LogP contribution in [-0.2, 0) is 21.5 Å². The van der Waals surface area contributed by atoms with Crippen LogP contribution in [0.4, 0.5) is 13.2 Å². The van der Waals surface area contributed by atoms with Crippen molar-refractivity contribution in [1.82, 2.24) is 0 Å². The summed E-state index contributed by atoms with van der Waals surface area (Å²) in [4.78, 5) is 18.4. The molecule has 0 radical (unpaired) electrons.